The van der Waals surface area contributed by atoms with Crippen molar-refractivity contribution in [2.75, 3.05) is 0 Å². The minimum Gasteiger partial charge on any atom is -0.480 e. The summed E-state index contributed by atoms with van der Waals surface area (Å²) in [5.41, 5.74) is 12.7. The van der Waals surface area contributed by atoms with Crippen LogP contribution in [0.4, 0.5) is 0 Å². The second kappa shape index (κ2) is 8.58. The monoisotopic (exact) mass is 400 g/mol. The van der Waals surface area contributed by atoms with Gasteiger partial charge in [-0.05, 0) is 21.6 Å². The fourth-order valence-electron chi connectivity index (χ4n) is 2.14. The van der Waals surface area contributed by atoms with Crippen LogP contribution >= 0.6 is 21.6 Å². The van der Waals surface area contributed by atoms with Crippen molar-refractivity contribution in [1.29, 1.82) is 0 Å². The van der Waals surface area contributed by atoms with Gasteiger partial charge in [0.15, 0.2) is 0 Å². The van der Waals surface area contributed by atoms with E-state index in [4.69, 9.17) is 21.7 Å². The Labute approximate surface area is 157 Å². The van der Waals surface area contributed by atoms with Crippen LogP contribution in [0.1, 0.15) is 11.4 Å². The molecule has 0 spiro atoms. The number of carboxylic acid groups (broad SMARTS) is 2. The molecule has 2 aromatic heterocycles. The minimum atomic E-state index is -1.08. The van der Waals surface area contributed by atoms with Crippen molar-refractivity contribution in [2.45, 2.75) is 35.0 Å². The first kappa shape index (κ1) is 20.3. The van der Waals surface area contributed by atoms with Gasteiger partial charge in [0.25, 0.3) is 0 Å². The maximum Gasteiger partial charge on any atom is 0.320 e. The Hall–Kier alpha value is -2.02. The molecule has 0 radical (unpaired) electrons. The van der Waals surface area contributed by atoms with E-state index in [1.807, 2.05) is 0 Å². The van der Waals surface area contributed by atoms with Crippen LogP contribution in [0.15, 0.2) is 22.7 Å². The van der Waals surface area contributed by atoms with Crippen molar-refractivity contribution >= 4 is 33.5 Å². The summed E-state index contributed by atoms with van der Waals surface area (Å²) in [6, 6.07) is -2.04. The van der Waals surface area contributed by atoms with Gasteiger partial charge < -0.3 is 30.8 Å². The summed E-state index contributed by atoms with van der Waals surface area (Å²) in [5.74, 6) is -2.16. The minimum absolute atomic E-state index is 0.147. The molecule has 0 aliphatic heterocycles. The van der Waals surface area contributed by atoms with E-state index < -0.39 is 24.0 Å². The number of nitrogens with two attached hydrogens (primary N) is 2. The number of aliphatic carboxylic acids is 2. The van der Waals surface area contributed by atoms with Crippen molar-refractivity contribution in [2.24, 2.45) is 25.6 Å². The summed E-state index contributed by atoms with van der Waals surface area (Å²) in [4.78, 5) is 30.5. The zero-order chi connectivity index (χ0) is 19.4. The summed E-state index contributed by atoms with van der Waals surface area (Å²) in [6.07, 6.45) is 3.47. The first-order chi connectivity index (χ1) is 12.2. The first-order valence-corrected chi connectivity index (χ1v) is 9.67. The molecule has 0 saturated heterocycles. The largest absolute Gasteiger partial charge is 0.480 e. The molecular formula is C14H20N6O4S2. The summed E-state index contributed by atoms with van der Waals surface area (Å²) in [5, 5.41) is 19.3. The van der Waals surface area contributed by atoms with Gasteiger partial charge in [0, 0.05) is 26.9 Å². The van der Waals surface area contributed by atoms with Crippen LogP contribution in [0.3, 0.4) is 0 Å². The highest BCUT2D eigenvalue weighted by molar-refractivity contribution is 8.76. The predicted octanol–water partition coefficient (Wildman–Crippen LogP) is -0.138. The van der Waals surface area contributed by atoms with Crippen LogP contribution in [0.5, 0.6) is 0 Å². The van der Waals surface area contributed by atoms with Gasteiger partial charge in [-0.3, -0.25) is 9.59 Å². The lowest BCUT2D eigenvalue weighted by molar-refractivity contribution is -0.139. The molecule has 10 nitrogen and oxygen atoms in total. The van der Waals surface area contributed by atoms with Gasteiger partial charge >= 0.3 is 11.9 Å². The normalized spacial score (nSPS) is 13.5. The van der Waals surface area contributed by atoms with Crippen LogP contribution in [0, 0.1) is 0 Å². The van der Waals surface area contributed by atoms with Crippen LogP contribution in [0.25, 0.3) is 0 Å². The number of aryl methyl sites for hydroxylation is 2. The third kappa shape index (κ3) is 4.78. The van der Waals surface area contributed by atoms with E-state index in [-0.39, 0.29) is 12.8 Å². The number of hydrogen-bond acceptors (Lipinski definition) is 8. The van der Waals surface area contributed by atoms with E-state index >= 15 is 0 Å². The molecule has 12 heteroatoms. The molecule has 2 aromatic rings. The Morgan fingerprint density at radius 2 is 1.31 bits per heavy atom. The standard InChI is InChI=1S/C14H20N6O4S2/c1-19-5-17-11(9(19)3-7(15)13(21)22)25-26-12-10(20(2)6-18-12)4-8(16)14(23)24/h5-8H,3-4,15-16H2,1-2H3,(H,21,22)(H,23,24). The third-order valence-electron chi connectivity index (χ3n) is 3.70. The van der Waals surface area contributed by atoms with Gasteiger partial charge in [-0.15, -0.1) is 0 Å². The molecule has 2 unspecified atom stereocenters. The second-order valence-corrected chi connectivity index (χ2v) is 7.79. The molecular weight excluding hydrogens is 380 g/mol. The van der Waals surface area contributed by atoms with Gasteiger partial charge in [0.2, 0.25) is 0 Å². The van der Waals surface area contributed by atoms with Crippen LogP contribution < -0.4 is 11.5 Å². The topological polar surface area (TPSA) is 162 Å². The third-order valence-corrected chi connectivity index (χ3v) is 5.98. The quantitative estimate of drug-likeness (QED) is 0.417. The number of nitrogens with zero attached hydrogens (tertiary/aromatic N) is 4. The highest BCUT2D eigenvalue weighted by Crippen LogP contribution is 2.39. The van der Waals surface area contributed by atoms with E-state index in [1.165, 1.54) is 21.6 Å². The Bertz CT molecular complexity index is 739. The van der Waals surface area contributed by atoms with Crippen molar-refractivity contribution < 1.29 is 19.8 Å². The number of rotatable bonds is 9. The maximum absolute atomic E-state index is 11.0. The molecule has 0 bridgehead atoms. The van der Waals surface area contributed by atoms with E-state index in [2.05, 4.69) is 9.97 Å². The fraction of sp³-hybridized carbons (Fsp3) is 0.429. The van der Waals surface area contributed by atoms with E-state index in [0.717, 1.165) is 0 Å². The van der Waals surface area contributed by atoms with Gasteiger partial charge in [0.1, 0.15) is 22.1 Å². The molecule has 142 valence electrons. The van der Waals surface area contributed by atoms with Crippen molar-refractivity contribution in [3.05, 3.63) is 24.0 Å². The highest BCUT2D eigenvalue weighted by atomic mass is 33.1. The molecule has 0 amide bonds. The fourth-order valence-corrected chi connectivity index (χ4v) is 4.43. The molecule has 0 aliphatic rings. The number of aromatic nitrogens is 4. The Kier molecular flexibility index (Phi) is 6.69. The Balaban J connectivity index is 2.13. The van der Waals surface area contributed by atoms with Gasteiger partial charge in [-0.1, -0.05) is 0 Å². The van der Waals surface area contributed by atoms with E-state index in [1.54, 1.807) is 35.9 Å². The smallest absolute Gasteiger partial charge is 0.320 e. The molecule has 2 rings (SSSR count). The summed E-state index contributed by atoms with van der Waals surface area (Å²) in [6.45, 7) is 0. The Morgan fingerprint density at radius 1 is 0.962 bits per heavy atom. The van der Waals surface area contributed by atoms with Gasteiger partial charge in [-0.2, -0.15) is 0 Å². The first-order valence-electron chi connectivity index (χ1n) is 7.52. The van der Waals surface area contributed by atoms with Crippen molar-refractivity contribution in [3.8, 4) is 0 Å². The van der Waals surface area contributed by atoms with Crippen LogP contribution in [-0.2, 0) is 36.5 Å². The average Bonchev–Trinajstić information content (AvgIpc) is 3.09. The zero-order valence-electron chi connectivity index (χ0n) is 14.2. The summed E-state index contributed by atoms with van der Waals surface area (Å²) in [7, 11) is 6.15. The second-order valence-electron chi connectivity index (χ2n) is 5.68. The molecule has 0 aromatic carbocycles. The number of hydrogen-bond donors (Lipinski definition) is 4. The van der Waals surface area contributed by atoms with Crippen molar-refractivity contribution in [3.63, 3.8) is 0 Å². The average molecular weight is 400 g/mol. The van der Waals surface area contributed by atoms with E-state index in [9.17, 15) is 9.59 Å². The molecule has 6 N–H and O–H groups in total. The maximum atomic E-state index is 11.0. The highest BCUT2D eigenvalue weighted by Gasteiger charge is 2.21. The molecule has 0 fully saturated rings. The van der Waals surface area contributed by atoms with Gasteiger partial charge in [-0.25, -0.2) is 9.97 Å². The van der Waals surface area contributed by atoms with E-state index in [0.29, 0.717) is 21.4 Å². The molecule has 2 atom stereocenters. The molecule has 26 heavy (non-hydrogen) atoms. The zero-order valence-corrected chi connectivity index (χ0v) is 15.8. The van der Waals surface area contributed by atoms with Crippen LogP contribution in [-0.4, -0.2) is 53.3 Å². The lowest BCUT2D eigenvalue weighted by atomic mass is 10.2. The van der Waals surface area contributed by atoms with Crippen LogP contribution in [0.2, 0.25) is 0 Å². The SMILES string of the molecule is Cn1cnc(SSc2ncn(C)c2CC(N)C(=O)O)c1CC(N)C(=O)O. The lowest BCUT2D eigenvalue weighted by Crippen LogP contribution is -2.33. The number of carboxylic acids is 2. The lowest BCUT2D eigenvalue weighted by Gasteiger charge is -2.10. The summed E-state index contributed by atoms with van der Waals surface area (Å²) < 4.78 is 3.46. The molecule has 0 aliphatic carbocycles. The number of carbonyl (C=O) groups is 2. The van der Waals surface area contributed by atoms with Crippen molar-refractivity contribution in [1.82, 2.24) is 19.1 Å². The number of imidazole rings is 2. The van der Waals surface area contributed by atoms with Gasteiger partial charge in [0.05, 0.1) is 24.0 Å². The Morgan fingerprint density at radius 3 is 1.62 bits per heavy atom. The predicted molar refractivity (Wildman–Crippen MR) is 96.8 cm³/mol. The molecule has 2 heterocycles. The molecule has 0 saturated carbocycles. The summed E-state index contributed by atoms with van der Waals surface area (Å²) >= 11 is 0.